The van der Waals surface area contributed by atoms with Crippen LogP contribution in [0.25, 0.3) is 0 Å². The number of carbonyl (C=O) groups excluding carboxylic acids is 1. The van der Waals surface area contributed by atoms with Gasteiger partial charge in [-0.1, -0.05) is 38.6 Å². The number of aromatic nitrogens is 3. The molecule has 0 aliphatic rings. The van der Waals surface area contributed by atoms with Crippen LogP contribution in [0, 0.1) is 0 Å². The highest BCUT2D eigenvalue weighted by Crippen LogP contribution is 2.28. The minimum atomic E-state index is -0.262. The van der Waals surface area contributed by atoms with Crippen molar-refractivity contribution in [3.8, 4) is 0 Å². The molecule has 0 spiro atoms. The van der Waals surface area contributed by atoms with E-state index in [0.717, 1.165) is 30.3 Å². The fourth-order valence-electron chi connectivity index (χ4n) is 3.05. The lowest BCUT2D eigenvalue weighted by Crippen LogP contribution is -2.25. The van der Waals surface area contributed by atoms with E-state index in [-0.39, 0.29) is 17.1 Å². The van der Waals surface area contributed by atoms with Crippen molar-refractivity contribution in [1.82, 2.24) is 20.3 Å². The van der Waals surface area contributed by atoms with Crippen molar-refractivity contribution in [3.63, 3.8) is 0 Å². The highest BCUT2D eigenvalue weighted by Gasteiger charge is 2.20. The SMILES string of the molecule is CCN(CC)c1cc(C(C)(C)C)nc(SCc2ccc(C(=O)NCc3ccccn3)o2)n1. The molecule has 0 unspecified atom stereocenters. The van der Waals surface area contributed by atoms with Crippen molar-refractivity contribution in [2.45, 2.75) is 57.5 Å². The van der Waals surface area contributed by atoms with Crippen LogP contribution < -0.4 is 10.2 Å². The van der Waals surface area contributed by atoms with Crippen LogP contribution in [0.15, 0.2) is 52.2 Å². The Balaban J connectivity index is 1.67. The number of nitrogens with one attached hydrogen (secondary N) is 1. The maximum absolute atomic E-state index is 12.4. The molecule has 3 aromatic heterocycles. The first-order valence-electron chi connectivity index (χ1n) is 10.8. The van der Waals surface area contributed by atoms with Crippen molar-refractivity contribution < 1.29 is 9.21 Å². The molecule has 3 aromatic rings. The second-order valence-corrected chi connectivity index (χ2v) is 9.32. The van der Waals surface area contributed by atoms with E-state index in [1.807, 2.05) is 24.3 Å². The number of rotatable bonds is 9. The van der Waals surface area contributed by atoms with Crippen LogP contribution in [0.3, 0.4) is 0 Å². The van der Waals surface area contributed by atoms with Crippen LogP contribution in [0.5, 0.6) is 0 Å². The van der Waals surface area contributed by atoms with E-state index in [9.17, 15) is 4.79 Å². The van der Waals surface area contributed by atoms with E-state index >= 15 is 0 Å². The Kier molecular flexibility index (Phi) is 7.90. The molecule has 0 aliphatic carbocycles. The average molecular weight is 454 g/mol. The van der Waals surface area contributed by atoms with E-state index in [0.29, 0.717) is 23.2 Å². The number of anilines is 1. The fourth-order valence-corrected chi connectivity index (χ4v) is 3.79. The Hall–Kier alpha value is -2.87. The van der Waals surface area contributed by atoms with Crippen molar-refractivity contribution in [2.75, 3.05) is 18.0 Å². The smallest absolute Gasteiger partial charge is 0.287 e. The summed E-state index contributed by atoms with van der Waals surface area (Å²) in [4.78, 5) is 28.3. The lowest BCUT2D eigenvalue weighted by Gasteiger charge is -2.24. The monoisotopic (exact) mass is 453 g/mol. The molecular weight excluding hydrogens is 422 g/mol. The molecule has 1 amide bonds. The van der Waals surface area contributed by atoms with E-state index in [1.54, 1.807) is 12.3 Å². The van der Waals surface area contributed by atoms with Gasteiger partial charge in [-0.15, -0.1) is 0 Å². The highest BCUT2D eigenvalue weighted by atomic mass is 32.2. The van der Waals surface area contributed by atoms with Gasteiger partial charge in [0.15, 0.2) is 10.9 Å². The second kappa shape index (κ2) is 10.6. The molecule has 3 rings (SSSR count). The summed E-state index contributed by atoms with van der Waals surface area (Å²) in [5, 5.41) is 3.53. The van der Waals surface area contributed by atoms with Gasteiger partial charge >= 0.3 is 0 Å². The summed E-state index contributed by atoms with van der Waals surface area (Å²) in [5.41, 5.74) is 1.72. The van der Waals surface area contributed by atoms with Gasteiger partial charge < -0.3 is 14.6 Å². The molecule has 0 aromatic carbocycles. The van der Waals surface area contributed by atoms with Gasteiger partial charge in [0, 0.05) is 30.8 Å². The summed E-state index contributed by atoms with van der Waals surface area (Å²) in [6.07, 6.45) is 1.70. The Bertz CT molecular complexity index is 1030. The first kappa shape index (κ1) is 23.8. The van der Waals surface area contributed by atoms with Crippen molar-refractivity contribution in [2.24, 2.45) is 0 Å². The molecule has 0 fully saturated rings. The zero-order valence-electron chi connectivity index (χ0n) is 19.4. The number of carbonyl (C=O) groups is 1. The number of hydrogen-bond donors (Lipinski definition) is 1. The lowest BCUT2D eigenvalue weighted by atomic mass is 9.92. The van der Waals surface area contributed by atoms with E-state index in [2.05, 4.69) is 55.9 Å². The fraction of sp³-hybridized carbons (Fsp3) is 0.417. The molecule has 0 atom stereocenters. The number of pyridine rings is 1. The number of thioether (sulfide) groups is 1. The maximum Gasteiger partial charge on any atom is 0.287 e. The molecule has 3 heterocycles. The Morgan fingerprint density at radius 1 is 1.12 bits per heavy atom. The predicted molar refractivity (Wildman–Crippen MR) is 128 cm³/mol. The summed E-state index contributed by atoms with van der Waals surface area (Å²) in [7, 11) is 0. The van der Waals surface area contributed by atoms with Crippen LogP contribution in [0.4, 0.5) is 5.82 Å². The van der Waals surface area contributed by atoms with Crippen molar-refractivity contribution in [3.05, 3.63) is 65.5 Å². The highest BCUT2D eigenvalue weighted by molar-refractivity contribution is 7.98. The molecule has 7 nitrogen and oxygen atoms in total. The molecule has 1 N–H and O–H groups in total. The second-order valence-electron chi connectivity index (χ2n) is 8.37. The minimum Gasteiger partial charge on any atom is -0.455 e. The maximum atomic E-state index is 12.4. The lowest BCUT2D eigenvalue weighted by molar-refractivity contribution is 0.0921. The third-order valence-corrected chi connectivity index (χ3v) is 5.80. The van der Waals surface area contributed by atoms with Gasteiger partial charge in [-0.25, -0.2) is 9.97 Å². The topological polar surface area (TPSA) is 84.2 Å². The van der Waals surface area contributed by atoms with Gasteiger partial charge in [-0.3, -0.25) is 9.78 Å². The molecular formula is C24H31N5O2S. The first-order chi connectivity index (χ1) is 15.3. The Labute approximate surface area is 194 Å². The normalized spacial score (nSPS) is 11.4. The quantitative estimate of drug-likeness (QED) is 0.367. The molecule has 0 saturated carbocycles. The zero-order valence-corrected chi connectivity index (χ0v) is 20.2. The summed E-state index contributed by atoms with van der Waals surface area (Å²) in [6, 6.07) is 11.2. The van der Waals surface area contributed by atoms with Crippen molar-refractivity contribution in [1.29, 1.82) is 0 Å². The molecule has 8 heteroatoms. The van der Waals surface area contributed by atoms with E-state index < -0.39 is 0 Å². The number of amides is 1. The third kappa shape index (κ3) is 6.32. The van der Waals surface area contributed by atoms with E-state index in [1.165, 1.54) is 11.8 Å². The molecule has 170 valence electrons. The largest absolute Gasteiger partial charge is 0.455 e. The van der Waals surface area contributed by atoms with Gasteiger partial charge in [0.1, 0.15) is 11.6 Å². The third-order valence-electron chi connectivity index (χ3n) is 4.93. The number of nitrogens with zero attached hydrogens (tertiary/aromatic N) is 4. The van der Waals surface area contributed by atoms with E-state index in [4.69, 9.17) is 14.4 Å². The molecule has 32 heavy (non-hydrogen) atoms. The summed E-state index contributed by atoms with van der Waals surface area (Å²) >= 11 is 1.51. The minimum absolute atomic E-state index is 0.0797. The number of hydrogen-bond acceptors (Lipinski definition) is 7. The van der Waals surface area contributed by atoms with Crippen molar-refractivity contribution >= 4 is 23.5 Å². The molecule has 0 bridgehead atoms. The van der Waals surface area contributed by atoms with Crippen LogP contribution in [0.1, 0.15) is 62.3 Å². The van der Waals surface area contributed by atoms with Crippen LogP contribution in [0.2, 0.25) is 0 Å². The average Bonchev–Trinajstić information content (AvgIpc) is 3.26. The zero-order chi connectivity index (χ0) is 23.1. The van der Waals surface area contributed by atoms with Gasteiger partial charge in [-0.2, -0.15) is 0 Å². The standard InChI is InChI=1S/C24H31N5O2S/c1-6-29(7-2)21-14-20(24(3,4)5)27-23(28-21)32-16-18-11-12-19(31-18)22(30)26-15-17-10-8-9-13-25-17/h8-14H,6-7,15-16H2,1-5H3,(H,26,30). The van der Waals surface area contributed by atoms with Gasteiger partial charge in [-0.05, 0) is 38.1 Å². The molecule has 0 radical (unpaired) electrons. The van der Waals surface area contributed by atoms with Crippen LogP contribution in [-0.4, -0.2) is 33.9 Å². The first-order valence-corrected chi connectivity index (χ1v) is 11.8. The number of furan rings is 1. The Morgan fingerprint density at radius 3 is 2.56 bits per heavy atom. The van der Waals surface area contributed by atoms with Gasteiger partial charge in [0.05, 0.1) is 23.7 Å². The summed E-state index contributed by atoms with van der Waals surface area (Å²) < 4.78 is 5.75. The molecule has 0 aliphatic heterocycles. The predicted octanol–water partition coefficient (Wildman–Crippen LogP) is 4.83. The molecule has 0 saturated heterocycles. The Morgan fingerprint density at radius 2 is 1.91 bits per heavy atom. The summed E-state index contributed by atoms with van der Waals surface area (Å²) in [6.45, 7) is 12.8. The van der Waals surface area contributed by atoms with Gasteiger partial charge in [0.25, 0.3) is 5.91 Å². The van der Waals surface area contributed by atoms with Crippen LogP contribution in [-0.2, 0) is 17.7 Å². The summed E-state index contributed by atoms with van der Waals surface area (Å²) in [5.74, 6) is 2.20. The van der Waals surface area contributed by atoms with Crippen LogP contribution >= 0.6 is 11.8 Å². The van der Waals surface area contributed by atoms with Gasteiger partial charge in [0.2, 0.25) is 0 Å².